The molecule has 0 aromatic rings. The summed E-state index contributed by atoms with van der Waals surface area (Å²) < 4.78 is 5.49. The highest BCUT2D eigenvalue weighted by molar-refractivity contribution is 5.69. The van der Waals surface area contributed by atoms with Crippen molar-refractivity contribution < 1.29 is 9.53 Å². The van der Waals surface area contributed by atoms with Crippen molar-refractivity contribution in [3.63, 3.8) is 0 Å². The molecule has 306 valence electrons. The second kappa shape index (κ2) is 45.6. The van der Waals surface area contributed by atoms with Gasteiger partial charge in [-0.2, -0.15) is 0 Å². The molecule has 0 amide bonds. The van der Waals surface area contributed by atoms with E-state index in [2.05, 4.69) is 20.8 Å². The van der Waals surface area contributed by atoms with E-state index in [4.69, 9.17) is 4.74 Å². The van der Waals surface area contributed by atoms with Crippen molar-refractivity contribution in [2.45, 2.75) is 297 Å². The van der Waals surface area contributed by atoms with Crippen molar-refractivity contribution in [2.24, 2.45) is 5.92 Å². The van der Waals surface area contributed by atoms with E-state index in [0.29, 0.717) is 13.0 Å². The molecule has 0 aliphatic heterocycles. The number of esters is 1. The van der Waals surface area contributed by atoms with Gasteiger partial charge in [-0.25, -0.2) is 0 Å². The topological polar surface area (TPSA) is 26.3 Å². The third-order valence-electron chi connectivity index (χ3n) is 11.8. The summed E-state index contributed by atoms with van der Waals surface area (Å²) >= 11 is 0. The maximum Gasteiger partial charge on any atom is 0.305 e. The first-order chi connectivity index (χ1) is 25.2. The van der Waals surface area contributed by atoms with E-state index in [1.165, 1.54) is 257 Å². The molecule has 0 aliphatic carbocycles. The second-order valence-corrected chi connectivity index (χ2v) is 17.1. The molecule has 0 heterocycles. The average molecular weight is 719 g/mol. The summed E-state index contributed by atoms with van der Waals surface area (Å²) in [6, 6.07) is 0. The lowest BCUT2D eigenvalue weighted by Gasteiger charge is -2.07. The molecule has 2 heteroatoms. The Bertz CT molecular complexity index is 630. The number of rotatable bonds is 45. The van der Waals surface area contributed by atoms with Crippen LogP contribution in [0.5, 0.6) is 0 Å². The zero-order valence-corrected chi connectivity index (χ0v) is 36.0. The predicted octanol–water partition coefficient (Wildman–Crippen LogP) is 18.0. The van der Waals surface area contributed by atoms with Gasteiger partial charge in [-0.3, -0.25) is 4.79 Å². The van der Waals surface area contributed by atoms with Gasteiger partial charge >= 0.3 is 5.97 Å². The first-order valence-electron chi connectivity index (χ1n) is 24.4. The standard InChI is InChI=1S/C49H98O2/c1-4-6-7-8-9-10-11-12-13-14-15-20-23-26-29-32-35-38-41-44-47-51-49(50)46-43-40-37-34-31-28-25-22-19-17-16-18-21-24-27-30-33-36-39-42-45-48(3)5-2/h48H,4-47H2,1-3H3. The second-order valence-electron chi connectivity index (χ2n) is 17.1. The minimum Gasteiger partial charge on any atom is -0.466 e. The Morgan fingerprint density at radius 1 is 0.353 bits per heavy atom. The van der Waals surface area contributed by atoms with Crippen LogP contribution in [0.4, 0.5) is 0 Å². The minimum atomic E-state index is 0.0334. The third-order valence-corrected chi connectivity index (χ3v) is 11.8. The van der Waals surface area contributed by atoms with E-state index in [1.807, 2.05) is 0 Å². The van der Waals surface area contributed by atoms with Gasteiger partial charge in [0.2, 0.25) is 0 Å². The number of ether oxygens (including phenoxy) is 1. The third kappa shape index (κ3) is 45.6. The van der Waals surface area contributed by atoms with Gasteiger partial charge in [0.05, 0.1) is 6.61 Å². The Balaban J connectivity index is 3.15. The van der Waals surface area contributed by atoms with Crippen molar-refractivity contribution in [2.75, 3.05) is 6.61 Å². The molecule has 0 aromatic heterocycles. The Morgan fingerprint density at radius 3 is 0.902 bits per heavy atom. The van der Waals surface area contributed by atoms with Crippen molar-refractivity contribution >= 4 is 5.97 Å². The van der Waals surface area contributed by atoms with Crippen molar-refractivity contribution in [3.8, 4) is 0 Å². The first-order valence-corrected chi connectivity index (χ1v) is 24.4. The average Bonchev–Trinajstić information content (AvgIpc) is 3.14. The first kappa shape index (κ1) is 50.5. The highest BCUT2D eigenvalue weighted by Crippen LogP contribution is 2.18. The van der Waals surface area contributed by atoms with Gasteiger partial charge in [-0.15, -0.1) is 0 Å². The fourth-order valence-electron chi connectivity index (χ4n) is 7.76. The fourth-order valence-corrected chi connectivity index (χ4v) is 7.76. The normalized spacial score (nSPS) is 12.1. The summed E-state index contributed by atoms with van der Waals surface area (Å²) in [5.41, 5.74) is 0. The van der Waals surface area contributed by atoms with Gasteiger partial charge in [0.25, 0.3) is 0 Å². The molecule has 0 aromatic carbocycles. The van der Waals surface area contributed by atoms with E-state index >= 15 is 0 Å². The highest BCUT2D eigenvalue weighted by Gasteiger charge is 2.03. The van der Waals surface area contributed by atoms with Gasteiger partial charge in [-0.05, 0) is 18.8 Å². The van der Waals surface area contributed by atoms with Crippen LogP contribution in [0, 0.1) is 5.92 Å². The summed E-state index contributed by atoms with van der Waals surface area (Å²) in [5.74, 6) is 0.968. The van der Waals surface area contributed by atoms with Gasteiger partial charge in [0.1, 0.15) is 0 Å². The molecule has 51 heavy (non-hydrogen) atoms. The van der Waals surface area contributed by atoms with E-state index in [9.17, 15) is 4.79 Å². The smallest absolute Gasteiger partial charge is 0.305 e. The van der Waals surface area contributed by atoms with E-state index in [1.54, 1.807) is 0 Å². The highest BCUT2D eigenvalue weighted by atomic mass is 16.5. The van der Waals surface area contributed by atoms with Crippen molar-refractivity contribution in [1.29, 1.82) is 0 Å². The Morgan fingerprint density at radius 2 is 0.608 bits per heavy atom. The molecule has 0 aliphatic rings. The predicted molar refractivity (Wildman–Crippen MR) is 230 cm³/mol. The Labute approximate surface area is 324 Å². The summed E-state index contributed by atoms with van der Waals surface area (Å²) in [7, 11) is 0. The fraction of sp³-hybridized carbons (Fsp3) is 0.980. The van der Waals surface area contributed by atoms with Crippen LogP contribution in [0.25, 0.3) is 0 Å². The van der Waals surface area contributed by atoms with E-state index in [0.717, 1.165) is 18.8 Å². The minimum absolute atomic E-state index is 0.0334. The van der Waals surface area contributed by atoms with Gasteiger partial charge in [-0.1, -0.05) is 278 Å². The lowest BCUT2D eigenvalue weighted by molar-refractivity contribution is -0.143. The van der Waals surface area contributed by atoms with Crippen LogP contribution in [0.3, 0.4) is 0 Å². The number of hydrogen-bond acceptors (Lipinski definition) is 2. The van der Waals surface area contributed by atoms with Crippen LogP contribution in [0.2, 0.25) is 0 Å². The molecule has 1 unspecified atom stereocenters. The molecule has 0 radical (unpaired) electrons. The number of carbonyl (C=O) groups is 1. The van der Waals surface area contributed by atoms with Crippen LogP contribution in [-0.2, 0) is 9.53 Å². The Kier molecular flexibility index (Phi) is 45.2. The maximum atomic E-state index is 12.0. The molecule has 0 bridgehead atoms. The molecule has 0 saturated carbocycles. The van der Waals surface area contributed by atoms with E-state index < -0.39 is 0 Å². The maximum absolute atomic E-state index is 12.0. The van der Waals surface area contributed by atoms with Crippen LogP contribution < -0.4 is 0 Å². The summed E-state index contributed by atoms with van der Waals surface area (Å²) in [6.45, 7) is 7.66. The zero-order chi connectivity index (χ0) is 37.0. The van der Waals surface area contributed by atoms with Crippen molar-refractivity contribution in [3.05, 3.63) is 0 Å². The Hall–Kier alpha value is -0.530. The largest absolute Gasteiger partial charge is 0.466 e. The van der Waals surface area contributed by atoms with Crippen molar-refractivity contribution in [1.82, 2.24) is 0 Å². The van der Waals surface area contributed by atoms with Gasteiger partial charge in [0.15, 0.2) is 0 Å². The monoisotopic (exact) mass is 719 g/mol. The SMILES string of the molecule is CCCCCCCCCCCCCCCCCCCCCCOC(=O)CCCCCCCCCCCCCCCCCCCCCCC(C)CC. The molecule has 0 fully saturated rings. The number of hydrogen-bond donors (Lipinski definition) is 0. The van der Waals surface area contributed by atoms with Gasteiger partial charge < -0.3 is 4.74 Å². The van der Waals surface area contributed by atoms with Crippen LogP contribution >= 0.6 is 0 Å². The van der Waals surface area contributed by atoms with E-state index in [-0.39, 0.29) is 5.97 Å². The summed E-state index contributed by atoms with van der Waals surface area (Å²) in [6.07, 6.45) is 59.3. The summed E-state index contributed by atoms with van der Waals surface area (Å²) in [5, 5.41) is 0. The summed E-state index contributed by atoms with van der Waals surface area (Å²) in [4.78, 5) is 12.0. The number of unbranched alkanes of at least 4 members (excludes halogenated alkanes) is 38. The molecule has 0 saturated heterocycles. The van der Waals surface area contributed by atoms with Crippen LogP contribution in [-0.4, -0.2) is 12.6 Å². The molecule has 2 nitrogen and oxygen atoms in total. The molecule has 1 atom stereocenters. The molecule has 0 N–H and O–H groups in total. The molecule has 0 spiro atoms. The molecular weight excluding hydrogens is 621 g/mol. The quantitative estimate of drug-likeness (QED) is 0.0463. The van der Waals surface area contributed by atoms with Crippen LogP contribution in [0.1, 0.15) is 297 Å². The lowest BCUT2D eigenvalue weighted by Crippen LogP contribution is -2.05. The number of carbonyl (C=O) groups excluding carboxylic acids is 1. The van der Waals surface area contributed by atoms with Gasteiger partial charge in [0, 0.05) is 6.42 Å². The zero-order valence-electron chi connectivity index (χ0n) is 36.0. The lowest BCUT2D eigenvalue weighted by atomic mass is 9.99. The van der Waals surface area contributed by atoms with Crippen LogP contribution in [0.15, 0.2) is 0 Å². The molecular formula is C49H98O2. The molecule has 0 rings (SSSR count).